The van der Waals surface area contributed by atoms with E-state index in [1.165, 1.54) is 12.8 Å². The van der Waals surface area contributed by atoms with Gasteiger partial charge in [-0.25, -0.2) is 0 Å². The van der Waals surface area contributed by atoms with E-state index in [2.05, 4.69) is 13.8 Å². The Labute approximate surface area is 68.1 Å². The van der Waals surface area contributed by atoms with Crippen LogP contribution in [-0.4, -0.2) is 12.2 Å². The van der Waals surface area contributed by atoms with Crippen molar-refractivity contribution in [3.8, 4) is 0 Å². The van der Waals surface area contributed by atoms with Crippen molar-refractivity contribution in [2.75, 3.05) is 0 Å². The normalized spacial score (nSPS) is 66.0. The van der Waals surface area contributed by atoms with Gasteiger partial charge >= 0.3 is 0 Å². The maximum Gasteiger partial charge on any atom is 0.0639 e. The second-order valence-electron chi connectivity index (χ2n) is 4.77. The van der Waals surface area contributed by atoms with Crippen LogP contribution in [0.5, 0.6) is 0 Å². The van der Waals surface area contributed by atoms with Crippen molar-refractivity contribution in [3.05, 3.63) is 0 Å². The maximum absolute atomic E-state index is 5.94. The third-order valence-electron chi connectivity index (χ3n) is 4.16. The van der Waals surface area contributed by atoms with Gasteiger partial charge in [-0.1, -0.05) is 13.8 Å². The highest BCUT2D eigenvalue weighted by atomic mass is 16.5. The molecule has 3 rings (SSSR count). The van der Waals surface area contributed by atoms with Crippen LogP contribution in [0.2, 0.25) is 0 Å². The molecule has 3 fully saturated rings. The zero-order valence-corrected chi connectivity index (χ0v) is 7.29. The summed E-state index contributed by atoms with van der Waals surface area (Å²) in [5.74, 6) is 3.71. The molecule has 1 heteroatoms. The van der Waals surface area contributed by atoms with Crippen molar-refractivity contribution in [2.45, 2.75) is 38.9 Å². The first kappa shape index (κ1) is 6.47. The van der Waals surface area contributed by atoms with Gasteiger partial charge in [0, 0.05) is 0 Å². The minimum absolute atomic E-state index is 0.663. The van der Waals surface area contributed by atoms with Crippen molar-refractivity contribution in [2.24, 2.45) is 23.7 Å². The molecule has 0 bridgehead atoms. The number of fused-ring (bicyclic) bond motifs is 2. The Morgan fingerprint density at radius 2 is 1.91 bits per heavy atom. The Morgan fingerprint density at radius 3 is 2.64 bits per heavy atom. The molecule has 1 nitrogen and oxygen atoms in total. The second-order valence-corrected chi connectivity index (χ2v) is 4.77. The van der Waals surface area contributed by atoms with Crippen molar-refractivity contribution in [1.29, 1.82) is 0 Å². The Kier molecular flexibility index (Phi) is 1.07. The van der Waals surface area contributed by atoms with Crippen molar-refractivity contribution < 1.29 is 4.74 Å². The summed E-state index contributed by atoms with van der Waals surface area (Å²) in [5, 5.41) is 0. The summed E-state index contributed by atoms with van der Waals surface area (Å²) in [6.07, 6.45) is 4.14. The third kappa shape index (κ3) is 0.703. The molecule has 1 saturated heterocycles. The molecule has 1 heterocycles. The van der Waals surface area contributed by atoms with Gasteiger partial charge in [0.1, 0.15) is 0 Å². The van der Waals surface area contributed by atoms with Gasteiger partial charge in [0.2, 0.25) is 0 Å². The summed E-state index contributed by atoms with van der Waals surface area (Å²) in [5.41, 5.74) is 0. The van der Waals surface area contributed by atoms with Crippen LogP contribution in [0.1, 0.15) is 26.7 Å². The first-order valence-corrected chi connectivity index (χ1v) is 4.93. The smallest absolute Gasteiger partial charge is 0.0639 e. The molecule has 0 amide bonds. The van der Waals surface area contributed by atoms with Gasteiger partial charge in [-0.15, -0.1) is 0 Å². The van der Waals surface area contributed by atoms with E-state index in [-0.39, 0.29) is 0 Å². The highest BCUT2D eigenvalue weighted by Gasteiger charge is 2.58. The first-order valence-electron chi connectivity index (χ1n) is 4.93. The molecule has 11 heavy (non-hydrogen) atoms. The number of ether oxygens (including phenoxy) is 1. The lowest BCUT2D eigenvalue weighted by Gasteiger charge is -2.45. The Hall–Kier alpha value is -0.0400. The van der Waals surface area contributed by atoms with Gasteiger partial charge in [-0.2, -0.15) is 0 Å². The first-order chi connectivity index (χ1) is 5.27. The highest BCUT2D eigenvalue weighted by Crippen LogP contribution is 2.57. The predicted octanol–water partition coefficient (Wildman–Crippen LogP) is 2.07. The summed E-state index contributed by atoms with van der Waals surface area (Å²) >= 11 is 0. The van der Waals surface area contributed by atoms with Crippen LogP contribution in [-0.2, 0) is 4.74 Å². The maximum atomic E-state index is 5.94. The summed E-state index contributed by atoms with van der Waals surface area (Å²) in [7, 11) is 0. The Balaban J connectivity index is 1.74. The van der Waals surface area contributed by atoms with Gasteiger partial charge in [0.15, 0.2) is 0 Å². The lowest BCUT2D eigenvalue weighted by Crippen LogP contribution is -2.45. The Morgan fingerprint density at radius 1 is 1.09 bits per heavy atom. The molecule has 0 spiro atoms. The van der Waals surface area contributed by atoms with Crippen LogP contribution < -0.4 is 0 Å². The van der Waals surface area contributed by atoms with E-state index in [4.69, 9.17) is 4.74 Å². The summed E-state index contributed by atoms with van der Waals surface area (Å²) in [6, 6.07) is 0. The monoisotopic (exact) mass is 152 g/mol. The average molecular weight is 152 g/mol. The standard InChI is InChI=1S/C10H16O/c1-5-3-9-7(5)4-8-6(2)10(8)11-9/h5-10H,3-4H2,1-2H3. The molecule has 0 aromatic rings. The molecule has 1 aliphatic heterocycles. The van der Waals surface area contributed by atoms with E-state index in [1.807, 2.05) is 0 Å². The molecule has 0 aromatic carbocycles. The van der Waals surface area contributed by atoms with Crippen molar-refractivity contribution in [3.63, 3.8) is 0 Å². The molecule has 2 aliphatic carbocycles. The van der Waals surface area contributed by atoms with Crippen LogP contribution >= 0.6 is 0 Å². The number of hydrogen-bond donors (Lipinski definition) is 0. The average Bonchev–Trinajstić information content (AvgIpc) is 2.59. The molecular weight excluding hydrogens is 136 g/mol. The summed E-state index contributed by atoms with van der Waals surface area (Å²) < 4.78 is 5.94. The highest BCUT2D eigenvalue weighted by molar-refractivity contribution is 5.06. The van der Waals surface area contributed by atoms with Gasteiger partial charge < -0.3 is 4.74 Å². The van der Waals surface area contributed by atoms with E-state index in [1.54, 1.807) is 0 Å². The van der Waals surface area contributed by atoms with Crippen molar-refractivity contribution in [1.82, 2.24) is 0 Å². The lowest BCUT2D eigenvalue weighted by molar-refractivity contribution is -0.123. The largest absolute Gasteiger partial charge is 0.374 e. The summed E-state index contributed by atoms with van der Waals surface area (Å²) in [4.78, 5) is 0. The third-order valence-corrected chi connectivity index (χ3v) is 4.16. The van der Waals surface area contributed by atoms with Crippen LogP contribution in [0.4, 0.5) is 0 Å². The van der Waals surface area contributed by atoms with Crippen molar-refractivity contribution >= 4 is 0 Å². The van der Waals surface area contributed by atoms with Crippen LogP contribution in [0.25, 0.3) is 0 Å². The van der Waals surface area contributed by atoms with Gasteiger partial charge in [0.25, 0.3) is 0 Å². The van der Waals surface area contributed by atoms with Crippen LogP contribution in [0, 0.1) is 23.7 Å². The fraction of sp³-hybridized carbons (Fsp3) is 1.00. The van der Waals surface area contributed by atoms with E-state index in [0.717, 1.165) is 23.7 Å². The molecule has 3 aliphatic rings. The zero-order valence-electron chi connectivity index (χ0n) is 7.29. The summed E-state index contributed by atoms with van der Waals surface area (Å²) in [6.45, 7) is 4.71. The molecule has 6 atom stereocenters. The van der Waals surface area contributed by atoms with Crippen LogP contribution in [0.15, 0.2) is 0 Å². The van der Waals surface area contributed by atoms with E-state index >= 15 is 0 Å². The van der Waals surface area contributed by atoms with Gasteiger partial charge in [-0.05, 0) is 36.5 Å². The Bertz CT molecular complexity index is 189. The quantitative estimate of drug-likeness (QED) is 0.516. The SMILES string of the molecule is CC1CC2OC3C(C)C3CC12. The van der Waals surface area contributed by atoms with Gasteiger partial charge in [0.05, 0.1) is 12.2 Å². The molecule has 2 saturated carbocycles. The zero-order chi connectivity index (χ0) is 7.59. The van der Waals surface area contributed by atoms with Gasteiger partial charge in [-0.3, -0.25) is 0 Å². The minimum atomic E-state index is 0.663. The molecule has 6 unspecified atom stereocenters. The minimum Gasteiger partial charge on any atom is -0.374 e. The molecular formula is C10H16O. The fourth-order valence-corrected chi connectivity index (χ4v) is 3.02. The topological polar surface area (TPSA) is 9.23 Å². The molecule has 0 aromatic heterocycles. The number of rotatable bonds is 0. The molecule has 62 valence electrons. The van der Waals surface area contributed by atoms with E-state index < -0.39 is 0 Å². The lowest BCUT2D eigenvalue weighted by atomic mass is 9.68. The molecule has 0 radical (unpaired) electrons. The molecule has 0 N–H and O–H groups in total. The van der Waals surface area contributed by atoms with E-state index in [0.29, 0.717) is 12.2 Å². The van der Waals surface area contributed by atoms with Crippen LogP contribution in [0.3, 0.4) is 0 Å². The predicted molar refractivity (Wildman–Crippen MR) is 43.2 cm³/mol. The number of hydrogen-bond acceptors (Lipinski definition) is 1. The second kappa shape index (κ2) is 1.82. The van der Waals surface area contributed by atoms with E-state index in [9.17, 15) is 0 Å². The fourth-order valence-electron chi connectivity index (χ4n) is 3.02.